The van der Waals surface area contributed by atoms with E-state index in [4.69, 9.17) is 21.7 Å². The Hall–Kier alpha value is -2.90. The third kappa shape index (κ3) is 4.11. The van der Waals surface area contributed by atoms with Crippen molar-refractivity contribution in [2.75, 3.05) is 20.3 Å². The summed E-state index contributed by atoms with van der Waals surface area (Å²) < 4.78 is 13.7. The minimum atomic E-state index is -0.0284. The third-order valence-corrected chi connectivity index (χ3v) is 7.07. The van der Waals surface area contributed by atoms with Crippen LogP contribution in [0.15, 0.2) is 54.7 Å². The van der Waals surface area contributed by atoms with Crippen molar-refractivity contribution in [3.8, 4) is 11.4 Å². The first-order valence-electron chi connectivity index (χ1n) is 11.5. The van der Waals surface area contributed by atoms with Gasteiger partial charge in [0.25, 0.3) is 0 Å². The first-order chi connectivity index (χ1) is 16.1. The summed E-state index contributed by atoms with van der Waals surface area (Å²) in [6.45, 7) is 5.94. The predicted octanol–water partition coefficient (Wildman–Crippen LogP) is 4.65. The zero-order valence-corrected chi connectivity index (χ0v) is 20.1. The van der Waals surface area contributed by atoms with Crippen LogP contribution in [-0.2, 0) is 4.74 Å². The van der Waals surface area contributed by atoms with Gasteiger partial charge in [0.1, 0.15) is 5.75 Å². The maximum Gasteiger partial charge on any atom is 0.170 e. The molecule has 6 nitrogen and oxygen atoms in total. The molecule has 1 N–H and O–H groups in total. The molecule has 2 aromatic heterocycles. The molecule has 0 radical (unpaired) electrons. The number of thiocarbonyl (C=S) groups is 1. The Balaban J connectivity index is 1.59. The zero-order chi connectivity index (χ0) is 22.9. The molecule has 2 aliphatic heterocycles. The van der Waals surface area contributed by atoms with Crippen molar-refractivity contribution in [2.24, 2.45) is 0 Å². The topological polar surface area (TPSA) is 51.5 Å². The lowest BCUT2D eigenvalue weighted by Crippen LogP contribution is -2.36. The molecule has 0 spiro atoms. The van der Waals surface area contributed by atoms with Crippen molar-refractivity contribution in [1.82, 2.24) is 19.8 Å². The highest BCUT2D eigenvalue weighted by atomic mass is 32.1. The normalized spacial score (nSPS) is 22.6. The van der Waals surface area contributed by atoms with Crippen LogP contribution in [0.5, 0.6) is 5.75 Å². The molecule has 2 fully saturated rings. The summed E-state index contributed by atoms with van der Waals surface area (Å²) in [5.74, 6) is 0.844. The van der Waals surface area contributed by atoms with Gasteiger partial charge in [-0.3, -0.25) is 4.98 Å². The van der Waals surface area contributed by atoms with E-state index in [2.05, 4.69) is 57.9 Å². The van der Waals surface area contributed by atoms with E-state index in [1.165, 1.54) is 17.0 Å². The van der Waals surface area contributed by atoms with Crippen LogP contribution in [0, 0.1) is 13.8 Å². The molecule has 1 aromatic carbocycles. The molecule has 33 heavy (non-hydrogen) atoms. The molecule has 0 saturated carbocycles. The monoisotopic (exact) mass is 462 g/mol. The summed E-state index contributed by atoms with van der Waals surface area (Å²) in [6.07, 6.45) is 4.23. The number of nitrogens with zero attached hydrogens (tertiary/aromatic N) is 3. The molecule has 2 saturated heterocycles. The van der Waals surface area contributed by atoms with Crippen LogP contribution in [-0.4, -0.2) is 45.9 Å². The molecule has 3 atom stereocenters. The van der Waals surface area contributed by atoms with Crippen molar-refractivity contribution in [3.05, 3.63) is 77.4 Å². The number of hydrogen-bond donors (Lipinski definition) is 1. The van der Waals surface area contributed by atoms with Gasteiger partial charge in [0.2, 0.25) is 0 Å². The van der Waals surface area contributed by atoms with Crippen molar-refractivity contribution in [2.45, 2.75) is 44.9 Å². The van der Waals surface area contributed by atoms with Gasteiger partial charge in [-0.2, -0.15) is 0 Å². The fourth-order valence-corrected chi connectivity index (χ4v) is 5.50. The van der Waals surface area contributed by atoms with Gasteiger partial charge in [0, 0.05) is 42.5 Å². The van der Waals surface area contributed by atoms with Gasteiger partial charge in [-0.05, 0) is 74.8 Å². The fraction of sp³-hybridized carbons (Fsp3) is 0.385. The lowest BCUT2D eigenvalue weighted by molar-refractivity contribution is 0.0842. The number of nitrogens with one attached hydrogen (secondary N) is 1. The van der Waals surface area contributed by atoms with E-state index < -0.39 is 0 Å². The lowest BCUT2D eigenvalue weighted by Gasteiger charge is -2.30. The van der Waals surface area contributed by atoms with Gasteiger partial charge in [0.15, 0.2) is 5.11 Å². The Labute approximate surface area is 200 Å². The maximum atomic E-state index is 5.98. The summed E-state index contributed by atoms with van der Waals surface area (Å²) >= 11 is 5.85. The molecular weight excluding hydrogens is 432 g/mol. The van der Waals surface area contributed by atoms with Gasteiger partial charge in [-0.1, -0.05) is 12.1 Å². The summed E-state index contributed by atoms with van der Waals surface area (Å²) in [4.78, 5) is 6.98. The first-order valence-corrected chi connectivity index (χ1v) is 11.9. The van der Waals surface area contributed by atoms with Crippen LogP contribution in [0.25, 0.3) is 5.69 Å². The second-order valence-corrected chi connectivity index (χ2v) is 9.16. The van der Waals surface area contributed by atoms with E-state index >= 15 is 0 Å². The minimum absolute atomic E-state index is 0.0284. The number of rotatable bonds is 6. The van der Waals surface area contributed by atoms with Crippen molar-refractivity contribution >= 4 is 17.3 Å². The fourth-order valence-electron chi connectivity index (χ4n) is 5.18. The minimum Gasteiger partial charge on any atom is -0.497 e. The second-order valence-electron chi connectivity index (χ2n) is 8.78. The van der Waals surface area contributed by atoms with Crippen LogP contribution in [0.3, 0.4) is 0 Å². The third-order valence-electron chi connectivity index (χ3n) is 6.72. The number of benzene rings is 1. The van der Waals surface area contributed by atoms with Crippen molar-refractivity contribution in [3.63, 3.8) is 0 Å². The molecule has 4 heterocycles. The number of hydrogen-bond acceptors (Lipinski definition) is 4. The molecule has 0 unspecified atom stereocenters. The molecule has 0 amide bonds. The molecule has 3 aromatic rings. The molecule has 0 aliphatic carbocycles. The van der Waals surface area contributed by atoms with Gasteiger partial charge in [-0.25, -0.2) is 0 Å². The zero-order valence-electron chi connectivity index (χ0n) is 19.3. The van der Waals surface area contributed by atoms with Crippen molar-refractivity contribution < 1.29 is 9.47 Å². The van der Waals surface area contributed by atoms with Crippen LogP contribution in [0.4, 0.5) is 0 Å². The predicted molar refractivity (Wildman–Crippen MR) is 133 cm³/mol. The highest BCUT2D eigenvalue weighted by Gasteiger charge is 2.42. The number of methoxy groups -OCH3 is 1. The Kier molecular flexibility index (Phi) is 6.08. The van der Waals surface area contributed by atoms with Crippen LogP contribution < -0.4 is 10.1 Å². The average Bonchev–Trinajstić information content (AvgIpc) is 3.53. The Morgan fingerprint density at radius 3 is 2.79 bits per heavy atom. The quantitative estimate of drug-likeness (QED) is 0.538. The van der Waals surface area contributed by atoms with Gasteiger partial charge in [-0.15, -0.1) is 0 Å². The summed E-state index contributed by atoms with van der Waals surface area (Å²) in [6, 6.07) is 16.5. The number of pyridine rings is 1. The molecular formula is C26H30N4O2S. The van der Waals surface area contributed by atoms with Crippen molar-refractivity contribution in [1.29, 1.82) is 0 Å². The van der Waals surface area contributed by atoms with E-state index in [9.17, 15) is 0 Å². The van der Waals surface area contributed by atoms with E-state index in [1.807, 2.05) is 30.5 Å². The molecule has 2 aliphatic rings. The summed E-state index contributed by atoms with van der Waals surface area (Å²) in [5, 5.41) is 4.33. The highest BCUT2D eigenvalue weighted by molar-refractivity contribution is 7.80. The lowest BCUT2D eigenvalue weighted by atomic mass is 9.96. The largest absolute Gasteiger partial charge is 0.497 e. The van der Waals surface area contributed by atoms with Crippen LogP contribution in [0.2, 0.25) is 0 Å². The standard InChI is InChI=1S/C26H30N4O2S/c1-17-14-22(18(2)30(17)19-8-6-9-20(15-19)31-3)25-24(23-11-4-5-12-27-23)28-26(33)29(25)16-21-10-7-13-32-21/h4-6,8-9,11-12,14-15,21,24-25H,7,10,13,16H2,1-3H3,(H,28,33)/t21-,24+,25-/m1/s1. The smallest absolute Gasteiger partial charge is 0.170 e. The summed E-state index contributed by atoms with van der Waals surface area (Å²) in [5.41, 5.74) is 5.69. The van der Waals surface area contributed by atoms with Crippen LogP contribution >= 0.6 is 12.2 Å². The number of aryl methyl sites for hydroxylation is 1. The van der Waals surface area contributed by atoms with E-state index in [1.54, 1.807) is 7.11 Å². The highest BCUT2D eigenvalue weighted by Crippen LogP contribution is 2.42. The SMILES string of the molecule is COc1cccc(-n2c(C)cc([C@@H]3[C@H](c4ccccn4)NC(=S)N3C[C@H]3CCCO3)c2C)c1. The van der Waals surface area contributed by atoms with Gasteiger partial charge in [0.05, 0.1) is 31.0 Å². The molecule has 5 rings (SSSR count). The van der Waals surface area contributed by atoms with E-state index in [0.29, 0.717) is 0 Å². The Morgan fingerprint density at radius 1 is 1.18 bits per heavy atom. The van der Waals surface area contributed by atoms with Gasteiger partial charge >= 0.3 is 0 Å². The van der Waals surface area contributed by atoms with Crippen LogP contribution in [0.1, 0.15) is 47.6 Å². The Morgan fingerprint density at radius 2 is 2.06 bits per heavy atom. The average molecular weight is 463 g/mol. The second kappa shape index (κ2) is 9.15. The molecule has 172 valence electrons. The number of aromatic nitrogens is 2. The van der Waals surface area contributed by atoms with Gasteiger partial charge < -0.3 is 24.3 Å². The van der Waals surface area contributed by atoms with E-state index in [-0.39, 0.29) is 18.2 Å². The van der Waals surface area contributed by atoms with E-state index in [0.717, 1.165) is 48.2 Å². The molecule has 7 heteroatoms. The Bertz CT molecular complexity index is 1140. The number of ether oxygens (including phenoxy) is 2. The summed E-state index contributed by atoms with van der Waals surface area (Å²) in [7, 11) is 1.70. The first kappa shape index (κ1) is 21.9. The maximum absolute atomic E-state index is 5.98. The molecule has 0 bridgehead atoms.